The third kappa shape index (κ3) is 3.36. The second-order valence-electron chi connectivity index (χ2n) is 5.12. The van der Waals surface area contributed by atoms with Gasteiger partial charge in [-0.1, -0.05) is 12.1 Å². The van der Waals surface area contributed by atoms with Crippen LogP contribution in [0.2, 0.25) is 0 Å². The third-order valence-electron chi connectivity index (χ3n) is 3.51. The van der Waals surface area contributed by atoms with E-state index < -0.39 is 18.0 Å². The van der Waals surface area contributed by atoms with Crippen LogP contribution in [0.1, 0.15) is 0 Å². The van der Waals surface area contributed by atoms with Crippen LogP contribution in [0, 0.1) is 0 Å². The van der Waals surface area contributed by atoms with E-state index in [1.807, 2.05) is 0 Å². The number of aliphatic carboxylic acids is 1. The lowest BCUT2D eigenvalue weighted by atomic mass is 10.1. The van der Waals surface area contributed by atoms with Crippen molar-refractivity contribution in [2.75, 3.05) is 13.7 Å². The van der Waals surface area contributed by atoms with Crippen LogP contribution < -0.4 is 14.9 Å². The van der Waals surface area contributed by atoms with E-state index >= 15 is 0 Å². The molecule has 3 rings (SSSR count). The van der Waals surface area contributed by atoms with Crippen molar-refractivity contribution in [3.05, 3.63) is 57.2 Å². The molecule has 6 nitrogen and oxygen atoms in total. The number of carboxylic acids is 1. The van der Waals surface area contributed by atoms with Crippen LogP contribution in [0.3, 0.4) is 0 Å². The molecule has 0 radical (unpaired) electrons. The van der Waals surface area contributed by atoms with Gasteiger partial charge in [-0.15, -0.1) is 0 Å². The molecule has 1 heterocycles. The summed E-state index contributed by atoms with van der Waals surface area (Å²) in [5.74, 6) is -0.555. The zero-order valence-electron chi connectivity index (χ0n) is 13.1. The molecular weight excluding hydrogens is 392 g/mol. The van der Waals surface area contributed by atoms with Crippen LogP contribution in [0.25, 0.3) is 22.3 Å². The number of hydrogen-bond donors (Lipinski definition) is 1. The SMILES string of the molecule is COc1ccc(-c2oc3ccccc3c(=O)c2OCC(=O)O)cc1Br. The van der Waals surface area contributed by atoms with E-state index in [1.165, 1.54) is 7.11 Å². The van der Waals surface area contributed by atoms with Gasteiger partial charge in [-0.05, 0) is 46.3 Å². The van der Waals surface area contributed by atoms with Gasteiger partial charge in [0.2, 0.25) is 11.2 Å². The van der Waals surface area contributed by atoms with Crippen molar-refractivity contribution < 1.29 is 23.8 Å². The van der Waals surface area contributed by atoms with Crippen molar-refractivity contribution in [1.82, 2.24) is 0 Å². The quantitative estimate of drug-likeness (QED) is 0.697. The summed E-state index contributed by atoms with van der Waals surface area (Å²) in [6.07, 6.45) is 0. The predicted molar refractivity (Wildman–Crippen MR) is 95.3 cm³/mol. The first-order valence-corrected chi connectivity index (χ1v) is 8.05. The van der Waals surface area contributed by atoms with Gasteiger partial charge >= 0.3 is 5.97 Å². The molecule has 128 valence electrons. The Hall–Kier alpha value is -2.80. The lowest BCUT2D eigenvalue weighted by molar-refractivity contribution is -0.139. The molecule has 1 aromatic heterocycles. The monoisotopic (exact) mass is 404 g/mol. The van der Waals surface area contributed by atoms with Gasteiger partial charge in [0, 0.05) is 5.56 Å². The van der Waals surface area contributed by atoms with Crippen LogP contribution in [-0.4, -0.2) is 24.8 Å². The Morgan fingerprint density at radius 3 is 2.68 bits per heavy atom. The highest BCUT2D eigenvalue weighted by Crippen LogP contribution is 2.35. The summed E-state index contributed by atoms with van der Waals surface area (Å²) in [5, 5.41) is 9.19. The number of halogens is 1. The Balaban J connectivity index is 2.24. The molecule has 0 bridgehead atoms. The molecule has 0 amide bonds. The van der Waals surface area contributed by atoms with Crippen molar-refractivity contribution in [3.63, 3.8) is 0 Å². The fraction of sp³-hybridized carbons (Fsp3) is 0.111. The summed E-state index contributed by atoms with van der Waals surface area (Å²) in [6, 6.07) is 11.8. The molecule has 3 aromatic rings. The number of ether oxygens (including phenoxy) is 2. The van der Waals surface area contributed by atoms with Crippen molar-refractivity contribution >= 4 is 32.9 Å². The lowest BCUT2D eigenvalue weighted by Gasteiger charge is -2.11. The average Bonchev–Trinajstić information content (AvgIpc) is 2.60. The second kappa shape index (κ2) is 6.98. The van der Waals surface area contributed by atoms with Gasteiger partial charge in [0.1, 0.15) is 11.3 Å². The summed E-state index contributed by atoms with van der Waals surface area (Å²) in [6.45, 7) is -0.645. The molecule has 0 atom stereocenters. The molecule has 0 spiro atoms. The van der Waals surface area contributed by atoms with Gasteiger partial charge in [-0.3, -0.25) is 4.79 Å². The van der Waals surface area contributed by atoms with Crippen molar-refractivity contribution in [2.45, 2.75) is 0 Å². The number of methoxy groups -OCH3 is 1. The first-order valence-electron chi connectivity index (χ1n) is 7.25. The van der Waals surface area contributed by atoms with Gasteiger partial charge in [0.05, 0.1) is 17.0 Å². The number of carboxylic acid groups (broad SMARTS) is 1. The minimum Gasteiger partial charge on any atom is -0.496 e. The molecular formula is C18H13BrO6. The maximum atomic E-state index is 12.7. The number of hydrogen-bond acceptors (Lipinski definition) is 5. The molecule has 0 aliphatic heterocycles. The molecule has 2 aromatic carbocycles. The van der Waals surface area contributed by atoms with Gasteiger partial charge in [0.25, 0.3) is 0 Å². The van der Waals surface area contributed by atoms with Crippen LogP contribution in [-0.2, 0) is 4.79 Å². The molecule has 0 aliphatic carbocycles. The molecule has 0 saturated carbocycles. The minimum absolute atomic E-state index is 0.141. The Bertz CT molecular complexity index is 1010. The topological polar surface area (TPSA) is 86.0 Å². The van der Waals surface area contributed by atoms with E-state index in [4.69, 9.17) is 19.0 Å². The normalized spacial score (nSPS) is 10.6. The summed E-state index contributed by atoms with van der Waals surface area (Å²) in [5.41, 5.74) is 0.512. The number of benzene rings is 2. The van der Waals surface area contributed by atoms with Crippen LogP contribution >= 0.6 is 15.9 Å². The molecule has 7 heteroatoms. The van der Waals surface area contributed by atoms with E-state index in [9.17, 15) is 9.59 Å². The Kier molecular flexibility index (Phi) is 4.76. The number of para-hydroxylation sites is 1. The average molecular weight is 405 g/mol. The summed E-state index contributed by atoms with van der Waals surface area (Å²) < 4.78 is 16.9. The van der Waals surface area contributed by atoms with E-state index in [-0.39, 0.29) is 11.5 Å². The van der Waals surface area contributed by atoms with Crippen molar-refractivity contribution in [2.24, 2.45) is 0 Å². The fourth-order valence-corrected chi connectivity index (χ4v) is 2.93. The van der Waals surface area contributed by atoms with Gasteiger partial charge in [-0.2, -0.15) is 0 Å². The number of fused-ring (bicyclic) bond motifs is 1. The molecule has 25 heavy (non-hydrogen) atoms. The maximum absolute atomic E-state index is 12.7. The zero-order valence-corrected chi connectivity index (χ0v) is 14.7. The highest BCUT2D eigenvalue weighted by molar-refractivity contribution is 9.10. The zero-order chi connectivity index (χ0) is 18.0. The van der Waals surface area contributed by atoms with E-state index in [2.05, 4.69) is 15.9 Å². The standard InChI is InChI=1S/C18H13BrO6/c1-23-14-7-6-10(8-12(14)19)17-18(24-9-15(20)21)16(22)11-4-2-3-5-13(11)25-17/h2-8H,9H2,1H3,(H,20,21). The van der Waals surface area contributed by atoms with Gasteiger partial charge in [0.15, 0.2) is 12.4 Å². The highest BCUT2D eigenvalue weighted by Gasteiger charge is 2.19. The minimum atomic E-state index is -1.19. The molecule has 0 aliphatic rings. The first-order chi connectivity index (χ1) is 12.0. The second-order valence-corrected chi connectivity index (χ2v) is 5.97. The first kappa shape index (κ1) is 17.0. The molecule has 0 saturated heterocycles. The highest BCUT2D eigenvalue weighted by atomic mass is 79.9. The van der Waals surface area contributed by atoms with Crippen LogP contribution in [0.4, 0.5) is 0 Å². The molecule has 0 fully saturated rings. The van der Waals surface area contributed by atoms with Gasteiger partial charge < -0.3 is 19.0 Å². The van der Waals surface area contributed by atoms with Crippen molar-refractivity contribution in [1.29, 1.82) is 0 Å². The molecule has 0 unspecified atom stereocenters. The summed E-state index contributed by atoms with van der Waals surface area (Å²) in [7, 11) is 1.54. The van der Waals surface area contributed by atoms with E-state index in [0.29, 0.717) is 26.8 Å². The van der Waals surface area contributed by atoms with E-state index in [1.54, 1.807) is 42.5 Å². The summed E-state index contributed by atoms with van der Waals surface area (Å²) >= 11 is 3.38. The summed E-state index contributed by atoms with van der Waals surface area (Å²) in [4.78, 5) is 23.6. The fourth-order valence-electron chi connectivity index (χ4n) is 2.39. The lowest BCUT2D eigenvalue weighted by Crippen LogP contribution is -2.16. The maximum Gasteiger partial charge on any atom is 0.341 e. The van der Waals surface area contributed by atoms with Gasteiger partial charge in [-0.25, -0.2) is 4.79 Å². The van der Waals surface area contributed by atoms with Crippen LogP contribution in [0.5, 0.6) is 11.5 Å². The number of rotatable bonds is 5. The van der Waals surface area contributed by atoms with E-state index in [0.717, 1.165) is 0 Å². The predicted octanol–water partition coefficient (Wildman–Crippen LogP) is 3.69. The largest absolute Gasteiger partial charge is 0.496 e. The Morgan fingerprint density at radius 2 is 2.00 bits per heavy atom. The Labute approximate surface area is 150 Å². The Morgan fingerprint density at radius 1 is 1.24 bits per heavy atom. The third-order valence-corrected chi connectivity index (χ3v) is 4.13. The molecule has 1 N–H and O–H groups in total. The van der Waals surface area contributed by atoms with Crippen molar-refractivity contribution in [3.8, 4) is 22.8 Å². The van der Waals surface area contributed by atoms with Crippen LogP contribution in [0.15, 0.2) is 56.1 Å². The smallest absolute Gasteiger partial charge is 0.341 e. The number of carbonyl (C=O) groups is 1.